The van der Waals surface area contributed by atoms with E-state index in [1.807, 2.05) is 0 Å². The summed E-state index contributed by atoms with van der Waals surface area (Å²) in [5, 5.41) is 25.0. The van der Waals surface area contributed by atoms with E-state index in [1.165, 1.54) is 6.92 Å². The van der Waals surface area contributed by atoms with Crippen molar-refractivity contribution in [3.05, 3.63) is 11.3 Å². The fourth-order valence-corrected chi connectivity index (χ4v) is 0.400. The number of rotatable bonds is 2. The number of aliphatic hydroxyl groups is 1. The third kappa shape index (κ3) is 2.72. The highest BCUT2D eigenvalue weighted by molar-refractivity contribution is 5.71. The number of aliphatic carboxylic acids is 1. The summed E-state index contributed by atoms with van der Waals surface area (Å²) in [6, 6.07) is 1.58. The number of aliphatic hydroxyl groups excluding tert-OH is 1. The lowest BCUT2D eigenvalue weighted by molar-refractivity contribution is -0.136. The average molecular weight is 141 g/mol. The van der Waals surface area contributed by atoms with E-state index in [1.54, 1.807) is 6.07 Å². The molecule has 0 aliphatic heterocycles. The van der Waals surface area contributed by atoms with Crippen LogP contribution in [0.25, 0.3) is 0 Å². The van der Waals surface area contributed by atoms with Crippen molar-refractivity contribution in [3.63, 3.8) is 0 Å². The highest BCUT2D eigenvalue weighted by Gasteiger charge is 2.05. The second-order valence-corrected chi connectivity index (χ2v) is 1.75. The first-order chi connectivity index (χ1) is 4.57. The largest absolute Gasteiger partial charge is 0.512 e. The molecule has 0 aliphatic carbocycles. The van der Waals surface area contributed by atoms with E-state index < -0.39 is 12.4 Å². The lowest BCUT2D eigenvalue weighted by atomic mass is 10.2. The fraction of sp³-hybridized carbons (Fsp3) is 0.333. The molecule has 4 heteroatoms. The molecule has 0 atom stereocenters. The second-order valence-electron chi connectivity index (χ2n) is 1.75. The number of carbonyl (C=O) groups is 1. The Labute approximate surface area is 58.0 Å². The fourth-order valence-electron chi connectivity index (χ4n) is 0.400. The molecule has 0 unspecified atom stereocenters. The van der Waals surface area contributed by atoms with Gasteiger partial charge in [0.25, 0.3) is 0 Å². The summed E-state index contributed by atoms with van der Waals surface area (Å²) in [7, 11) is 0. The van der Waals surface area contributed by atoms with Crippen LogP contribution in [0, 0.1) is 11.3 Å². The van der Waals surface area contributed by atoms with Crippen LogP contribution in [0.2, 0.25) is 0 Å². The number of nitrogens with zero attached hydrogens (tertiary/aromatic N) is 1. The van der Waals surface area contributed by atoms with Gasteiger partial charge in [-0.3, -0.25) is 4.79 Å². The molecule has 0 saturated carbocycles. The summed E-state index contributed by atoms with van der Waals surface area (Å²) in [6.45, 7) is 1.28. The van der Waals surface area contributed by atoms with E-state index in [-0.39, 0.29) is 11.3 Å². The zero-order chi connectivity index (χ0) is 8.15. The topological polar surface area (TPSA) is 81.3 Å². The van der Waals surface area contributed by atoms with Gasteiger partial charge in [0.15, 0.2) is 0 Å². The number of allylic oxidation sites excluding steroid dienone is 1. The maximum Gasteiger partial charge on any atom is 0.308 e. The van der Waals surface area contributed by atoms with Crippen LogP contribution in [0.3, 0.4) is 0 Å². The van der Waals surface area contributed by atoms with Crippen molar-refractivity contribution in [2.75, 3.05) is 0 Å². The highest BCUT2D eigenvalue weighted by Crippen LogP contribution is 2.03. The second kappa shape index (κ2) is 3.51. The van der Waals surface area contributed by atoms with Crippen molar-refractivity contribution in [2.24, 2.45) is 0 Å². The minimum absolute atomic E-state index is 0.104. The molecule has 0 heterocycles. The molecule has 0 fully saturated rings. The van der Waals surface area contributed by atoms with Crippen LogP contribution < -0.4 is 0 Å². The van der Waals surface area contributed by atoms with Gasteiger partial charge < -0.3 is 10.2 Å². The van der Waals surface area contributed by atoms with Crippen molar-refractivity contribution in [1.29, 1.82) is 5.26 Å². The summed E-state index contributed by atoms with van der Waals surface area (Å²) < 4.78 is 0. The van der Waals surface area contributed by atoms with E-state index in [9.17, 15) is 4.79 Å². The summed E-state index contributed by atoms with van der Waals surface area (Å²) in [4.78, 5) is 9.98. The molecule has 54 valence electrons. The van der Waals surface area contributed by atoms with Crippen molar-refractivity contribution in [1.82, 2.24) is 0 Å². The predicted octanol–water partition coefficient (Wildman–Crippen LogP) is 0.817. The number of carboxylic acids is 1. The molecule has 0 aliphatic rings. The highest BCUT2D eigenvalue weighted by atomic mass is 16.4. The average Bonchev–Trinajstić information content (AvgIpc) is 1.81. The van der Waals surface area contributed by atoms with Crippen molar-refractivity contribution in [2.45, 2.75) is 13.3 Å². The van der Waals surface area contributed by atoms with Crippen LogP contribution in [0.5, 0.6) is 0 Å². The maximum atomic E-state index is 9.98. The van der Waals surface area contributed by atoms with Crippen molar-refractivity contribution < 1.29 is 15.0 Å². The summed E-state index contributed by atoms with van der Waals surface area (Å²) >= 11 is 0. The Balaban J connectivity index is 4.30. The van der Waals surface area contributed by atoms with Crippen molar-refractivity contribution >= 4 is 5.97 Å². The molecule has 0 aromatic rings. The van der Waals surface area contributed by atoms with Gasteiger partial charge in [-0.05, 0) is 6.92 Å². The van der Waals surface area contributed by atoms with E-state index in [4.69, 9.17) is 15.5 Å². The van der Waals surface area contributed by atoms with Crippen LogP contribution in [0.1, 0.15) is 13.3 Å². The van der Waals surface area contributed by atoms with Gasteiger partial charge in [-0.15, -0.1) is 0 Å². The Morgan fingerprint density at radius 2 is 2.10 bits per heavy atom. The van der Waals surface area contributed by atoms with Crippen LogP contribution in [0.4, 0.5) is 0 Å². The molecule has 0 aromatic carbocycles. The number of hydrogen-bond acceptors (Lipinski definition) is 3. The minimum Gasteiger partial charge on any atom is -0.512 e. The molecular weight excluding hydrogens is 134 g/mol. The summed E-state index contributed by atoms with van der Waals surface area (Å²) in [5.74, 6) is -1.35. The molecule has 0 rings (SSSR count). The lowest BCUT2D eigenvalue weighted by Gasteiger charge is -1.92. The quantitative estimate of drug-likeness (QED) is 0.440. The van der Waals surface area contributed by atoms with Gasteiger partial charge in [0.2, 0.25) is 0 Å². The number of nitriles is 1. The standard InChI is InChI=1S/C6H7NO3/c1-4(8)5(3-7)2-6(9)10/h8H,2H2,1H3,(H,9,10)/b5-4+. The van der Waals surface area contributed by atoms with Crippen LogP contribution in [-0.4, -0.2) is 16.2 Å². The van der Waals surface area contributed by atoms with Crippen molar-refractivity contribution in [3.8, 4) is 6.07 Å². The SMILES string of the molecule is C/C(O)=C(\C#N)CC(=O)O. The molecule has 0 saturated heterocycles. The smallest absolute Gasteiger partial charge is 0.308 e. The zero-order valence-corrected chi connectivity index (χ0v) is 5.46. The van der Waals surface area contributed by atoms with Gasteiger partial charge in [-0.25, -0.2) is 0 Å². The molecule has 0 spiro atoms. The van der Waals surface area contributed by atoms with Gasteiger partial charge >= 0.3 is 5.97 Å². The van der Waals surface area contributed by atoms with Gasteiger partial charge in [0.05, 0.1) is 18.1 Å². The van der Waals surface area contributed by atoms with Gasteiger partial charge in [-0.1, -0.05) is 0 Å². The molecule has 4 nitrogen and oxygen atoms in total. The summed E-state index contributed by atoms with van der Waals surface area (Å²) in [6.07, 6.45) is -0.418. The van der Waals surface area contributed by atoms with Crippen LogP contribution >= 0.6 is 0 Å². The minimum atomic E-state index is -1.12. The third-order valence-electron chi connectivity index (χ3n) is 0.900. The van der Waals surface area contributed by atoms with E-state index in [2.05, 4.69) is 0 Å². The zero-order valence-electron chi connectivity index (χ0n) is 5.46. The van der Waals surface area contributed by atoms with E-state index >= 15 is 0 Å². The Kier molecular flexibility index (Phi) is 2.98. The monoisotopic (exact) mass is 141 g/mol. The molecular formula is C6H7NO3. The summed E-state index contributed by atoms with van der Waals surface area (Å²) in [5.41, 5.74) is -0.104. The first-order valence-corrected chi connectivity index (χ1v) is 2.58. The molecule has 0 aromatic heterocycles. The lowest BCUT2D eigenvalue weighted by Crippen LogP contribution is -1.97. The first-order valence-electron chi connectivity index (χ1n) is 2.58. The molecule has 10 heavy (non-hydrogen) atoms. The normalized spacial score (nSPS) is 11.6. The number of hydrogen-bond donors (Lipinski definition) is 2. The van der Waals surface area contributed by atoms with Crippen LogP contribution in [0.15, 0.2) is 11.3 Å². The molecule has 0 radical (unpaired) electrons. The number of carboxylic acid groups (broad SMARTS) is 1. The maximum absolute atomic E-state index is 9.98. The van der Waals surface area contributed by atoms with E-state index in [0.717, 1.165) is 0 Å². The molecule has 0 bridgehead atoms. The Hall–Kier alpha value is -1.50. The Morgan fingerprint density at radius 3 is 2.20 bits per heavy atom. The van der Waals surface area contributed by atoms with Crippen LogP contribution in [-0.2, 0) is 4.79 Å². The van der Waals surface area contributed by atoms with E-state index in [0.29, 0.717) is 0 Å². The molecule has 2 N–H and O–H groups in total. The molecule has 0 amide bonds. The predicted molar refractivity (Wildman–Crippen MR) is 33.2 cm³/mol. The first kappa shape index (κ1) is 8.50. The van der Waals surface area contributed by atoms with Gasteiger partial charge in [-0.2, -0.15) is 5.26 Å². The Morgan fingerprint density at radius 1 is 1.60 bits per heavy atom. The van der Waals surface area contributed by atoms with Gasteiger partial charge in [0, 0.05) is 0 Å². The third-order valence-corrected chi connectivity index (χ3v) is 0.900. The van der Waals surface area contributed by atoms with Gasteiger partial charge in [0.1, 0.15) is 5.76 Å². The Bertz CT molecular complexity index is 208.